The average molecular weight is 303 g/mol. The third-order valence-corrected chi connectivity index (χ3v) is 3.80. The molecule has 0 aliphatic carbocycles. The van der Waals surface area contributed by atoms with E-state index < -0.39 is 0 Å². The van der Waals surface area contributed by atoms with Crippen LogP contribution in [0.1, 0.15) is 6.92 Å². The van der Waals surface area contributed by atoms with Crippen molar-refractivity contribution >= 4 is 35.0 Å². The molecule has 0 saturated carbocycles. The Kier molecular flexibility index (Phi) is 4.64. The number of benzene rings is 1. The van der Waals surface area contributed by atoms with Gasteiger partial charge in [0, 0.05) is 18.8 Å². The van der Waals surface area contributed by atoms with Crippen LogP contribution in [0.2, 0.25) is 0 Å². The second kappa shape index (κ2) is 6.45. The number of aromatic nitrogens is 2. The molecule has 4 N–H and O–H groups in total. The highest BCUT2D eigenvalue weighted by molar-refractivity contribution is 8.00. The lowest BCUT2D eigenvalue weighted by molar-refractivity contribution is -0.117. The number of thioether (sulfide) groups is 1. The number of carbonyl (C=O) groups is 1. The summed E-state index contributed by atoms with van der Waals surface area (Å²) in [5.74, 6) is 0.540. The monoisotopic (exact) mass is 303 g/mol. The standard InChI is InChI=1S/C14H17N5OS/c1-9(21-14-17-11(15)8-12(16)18-14)13(20)19(2)10-6-4-3-5-7-10/h3-9H,1-2H3,(H4,15,16,17,18). The Morgan fingerprint density at radius 2 is 1.76 bits per heavy atom. The number of anilines is 3. The molecule has 0 aliphatic rings. The van der Waals surface area contributed by atoms with Crippen molar-refractivity contribution in [1.82, 2.24) is 9.97 Å². The molecule has 0 bridgehead atoms. The summed E-state index contributed by atoms with van der Waals surface area (Å²) in [6, 6.07) is 10.9. The first-order valence-electron chi connectivity index (χ1n) is 6.36. The van der Waals surface area contributed by atoms with Crippen LogP contribution < -0.4 is 16.4 Å². The number of hydrogen-bond acceptors (Lipinski definition) is 6. The quantitative estimate of drug-likeness (QED) is 0.660. The number of nitrogens with two attached hydrogens (primary N) is 2. The van der Waals surface area contributed by atoms with Crippen molar-refractivity contribution in [3.05, 3.63) is 36.4 Å². The van der Waals surface area contributed by atoms with Crippen LogP contribution in [0.3, 0.4) is 0 Å². The largest absolute Gasteiger partial charge is 0.383 e. The number of nitrogen functional groups attached to an aromatic ring is 2. The Hall–Kier alpha value is -2.28. The predicted molar refractivity (Wildman–Crippen MR) is 86.0 cm³/mol. The van der Waals surface area contributed by atoms with Gasteiger partial charge in [0.25, 0.3) is 0 Å². The van der Waals surface area contributed by atoms with Crippen LogP contribution in [0.4, 0.5) is 17.3 Å². The maximum Gasteiger partial charge on any atom is 0.240 e. The molecule has 1 atom stereocenters. The second-order valence-electron chi connectivity index (χ2n) is 4.49. The molecule has 0 aliphatic heterocycles. The van der Waals surface area contributed by atoms with E-state index in [0.29, 0.717) is 16.8 Å². The van der Waals surface area contributed by atoms with Gasteiger partial charge in [0.15, 0.2) is 5.16 Å². The molecule has 0 spiro atoms. The molecule has 0 radical (unpaired) electrons. The van der Waals surface area contributed by atoms with Crippen molar-refractivity contribution in [3.8, 4) is 0 Å². The lowest BCUT2D eigenvalue weighted by Gasteiger charge is -2.20. The summed E-state index contributed by atoms with van der Waals surface area (Å²) in [5.41, 5.74) is 12.1. The fraction of sp³-hybridized carbons (Fsp3) is 0.214. The van der Waals surface area contributed by atoms with Gasteiger partial charge in [-0.05, 0) is 19.1 Å². The molecule has 1 aromatic heterocycles. The molecule has 0 fully saturated rings. The summed E-state index contributed by atoms with van der Waals surface area (Å²) in [6.45, 7) is 1.80. The van der Waals surface area contributed by atoms with Crippen molar-refractivity contribution in [2.24, 2.45) is 0 Å². The van der Waals surface area contributed by atoms with Gasteiger partial charge in [-0.2, -0.15) is 0 Å². The van der Waals surface area contributed by atoms with Gasteiger partial charge in [0.05, 0.1) is 5.25 Å². The summed E-state index contributed by atoms with van der Waals surface area (Å²) in [4.78, 5) is 22.1. The molecule has 0 saturated heterocycles. The Morgan fingerprint density at radius 3 is 2.33 bits per heavy atom. The normalized spacial score (nSPS) is 11.9. The van der Waals surface area contributed by atoms with Crippen molar-refractivity contribution < 1.29 is 4.79 Å². The van der Waals surface area contributed by atoms with E-state index in [1.807, 2.05) is 30.3 Å². The zero-order valence-electron chi connectivity index (χ0n) is 11.9. The molecule has 110 valence electrons. The van der Waals surface area contributed by atoms with Crippen molar-refractivity contribution in [2.75, 3.05) is 23.4 Å². The fourth-order valence-corrected chi connectivity index (χ4v) is 2.67. The van der Waals surface area contributed by atoms with Gasteiger partial charge >= 0.3 is 0 Å². The molecule has 2 rings (SSSR count). The number of para-hydroxylation sites is 1. The van der Waals surface area contributed by atoms with E-state index in [9.17, 15) is 4.79 Å². The minimum absolute atomic E-state index is 0.0456. The maximum absolute atomic E-state index is 12.4. The molecule has 1 amide bonds. The topological polar surface area (TPSA) is 98.1 Å². The molecule has 7 heteroatoms. The third-order valence-electron chi connectivity index (χ3n) is 2.85. The Labute approximate surface area is 127 Å². The minimum Gasteiger partial charge on any atom is -0.383 e. The first-order valence-corrected chi connectivity index (χ1v) is 7.24. The molecule has 21 heavy (non-hydrogen) atoms. The van der Waals surface area contributed by atoms with Gasteiger partial charge in [-0.3, -0.25) is 4.79 Å². The number of hydrogen-bond donors (Lipinski definition) is 2. The number of nitrogens with zero attached hydrogens (tertiary/aromatic N) is 3. The molecular weight excluding hydrogens is 286 g/mol. The third kappa shape index (κ3) is 3.85. The summed E-state index contributed by atoms with van der Waals surface area (Å²) in [5, 5.41) is 0.0474. The van der Waals surface area contributed by atoms with Crippen molar-refractivity contribution in [1.29, 1.82) is 0 Å². The zero-order valence-corrected chi connectivity index (χ0v) is 12.7. The second-order valence-corrected chi connectivity index (χ2v) is 5.80. The molecule has 1 aromatic carbocycles. The predicted octanol–water partition coefficient (Wildman–Crippen LogP) is 1.78. The first kappa shape index (κ1) is 15.1. The lowest BCUT2D eigenvalue weighted by atomic mass is 10.3. The van der Waals surface area contributed by atoms with Crippen LogP contribution in [0.15, 0.2) is 41.6 Å². The van der Waals surface area contributed by atoms with Crippen LogP contribution >= 0.6 is 11.8 Å². The Balaban J connectivity index is 2.09. The maximum atomic E-state index is 12.4. The van der Waals surface area contributed by atoms with Crippen LogP contribution in [0, 0.1) is 0 Å². The highest BCUT2D eigenvalue weighted by Gasteiger charge is 2.21. The number of rotatable bonds is 4. The minimum atomic E-state index is -0.351. The van der Waals surface area contributed by atoms with Crippen LogP contribution in [-0.4, -0.2) is 28.2 Å². The lowest BCUT2D eigenvalue weighted by Crippen LogP contribution is -2.33. The fourth-order valence-electron chi connectivity index (χ4n) is 1.77. The smallest absolute Gasteiger partial charge is 0.240 e. The van der Waals surface area contributed by atoms with Crippen molar-refractivity contribution in [3.63, 3.8) is 0 Å². The number of amides is 1. The van der Waals surface area contributed by atoms with Crippen molar-refractivity contribution in [2.45, 2.75) is 17.3 Å². The van der Waals surface area contributed by atoms with Crippen LogP contribution in [-0.2, 0) is 4.79 Å². The zero-order chi connectivity index (χ0) is 15.4. The molecule has 1 heterocycles. The summed E-state index contributed by atoms with van der Waals surface area (Å²) in [7, 11) is 1.74. The highest BCUT2D eigenvalue weighted by Crippen LogP contribution is 2.24. The highest BCUT2D eigenvalue weighted by atomic mass is 32.2. The SMILES string of the molecule is CC(Sc1nc(N)cc(N)n1)C(=O)N(C)c1ccccc1. The average Bonchev–Trinajstić information content (AvgIpc) is 2.45. The number of carbonyl (C=O) groups excluding carboxylic acids is 1. The van der Waals surface area contributed by atoms with Gasteiger partial charge in [-0.1, -0.05) is 30.0 Å². The molecule has 1 unspecified atom stereocenters. The first-order chi connectivity index (χ1) is 9.97. The van der Waals surface area contributed by atoms with E-state index in [0.717, 1.165) is 5.69 Å². The molecule has 6 nitrogen and oxygen atoms in total. The summed E-state index contributed by atoms with van der Waals surface area (Å²) < 4.78 is 0. The summed E-state index contributed by atoms with van der Waals surface area (Å²) in [6.07, 6.45) is 0. The molecular formula is C14H17N5OS. The van der Waals surface area contributed by atoms with Gasteiger partial charge < -0.3 is 16.4 Å². The Morgan fingerprint density at radius 1 is 1.19 bits per heavy atom. The van der Waals surface area contributed by atoms with Gasteiger partial charge in [-0.15, -0.1) is 0 Å². The van der Waals surface area contributed by atoms with Gasteiger partial charge in [0.1, 0.15) is 11.6 Å². The Bertz CT molecular complexity index is 614. The van der Waals surface area contributed by atoms with Crippen LogP contribution in [0.5, 0.6) is 0 Å². The van der Waals surface area contributed by atoms with E-state index in [1.165, 1.54) is 17.8 Å². The molecule has 2 aromatic rings. The van der Waals surface area contributed by atoms with E-state index in [-0.39, 0.29) is 11.2 Å². The van der Waals surface area contributed by atoms with Crippen LogP contribution in [0.25, 0.3) is 0 Å². The van der Waals surface area contributed by atoms with E-state index >= 15 is 0 Å². The van der Waals surface area contributed by atoms with E-state index in [2.05, 4.69) is 9.97 Å². The van der Waals surface area contributed by atoms with E-state index in [1.54, 1.807) is 18.9 Å². The van der Waals surface area contributed by atoms with Gasteiger partial charge in [0.2, 0.25) is 5.91 Å². The van der Waals surface area contributed by atoms with Gasteiger partial charge in [-0.25, -0.2) is 9.97 Å². The van der Waals surface area contributed by atoms with E-state index in [4.69, 9.17) is 11.5 Å². The summed E-state index contributed by atoms with van der Waals surface area (Å²) >= 11 is 1.23.